The summed E-state index contributed by atoms with van der Waals surface area (Å²) >= 11 is 1.28. The van der Waals surface area contributed by atoms with Crippen LogP contribution in [0.15, 0.2) is 34.7 Å². The molecule has 0 bridgehead atoms. The van der Waals surface area contributed by atoms with Crippen LogP contribution in [0.5, 0.6) is 0 Å². The average molecular weight is 340 g/mol. The van der Waals surface area contributed by atoms with Crippen LogP contribution in [0.25, 0.3) is 0 Å². The van der Waals surface area contributed by atoms with Gasteiger partial charge in [0.2, 0.25) is 0 Å². The first kappa shape index (κ1) is 15.0. The van der Waals surface area contributed by atoms with Crippen molar-refractivity contribution in [2.75, 3.05) is 6.54 Å². The monoisotopic (exact) mass is 340 g/mol. The lowest BCUT2D eigenvalue weighted by molar-refractivity contribution is -0.387. The molecule has 1 aliphatic rings. The molecule has 0 N–H and O–H groups in total. The van der Waals surface area contributed by atoms with Crippen molar-refractivity contribution in [3.8, 4) is 0 Å². The fraction of sp³-hybridized carbons (Fsp3) is 0.333. The summed E-state index contributed by atoms with van der Waals surface area (Å²) in [5.74, 6) is 0. The molecule has 0 saturated carbocycles. The molecule has 0 unspecified atom stereocenters. The Bertz CT molecular complexity index is 791. The molecule has 2 aromatic rings. The van der Waals surface area contributed by atoms with Crippen molar-refractivity contribution in [1.29, 1.82) is 0 Å². The van der Waals surface area contributed by atoms with Crippen molar-refractivity contribution in [2.45, 2.75) is 23.8 Å². The molecule has 0 radical (unpaired) electrons. The van der Waals surface area contributed by atoms with Crippen LogP contribution in [0.1, 0.15) is 23.9 Å². The first-order valence-corrected chi connectivity index (χ1v) is 8.85. The number of hydrogen-bond donors (Lipinski definition) is 0. The van der Waals surface area contributed by atoms with Gasteiger partial charge in [0.05, 0.1) is 11.0 Å². The number of nitro groups is 1. The number of hydrogen-bond acceptors (Lipinski definition) is 7. The van der Waals surface area contributed by atoms with Gasteiger partial charge in [-0.3, -0.25) is 10.1 Å². The van der Waals surface area contributed by atoms with Gasteiger partial charge in [-0.1, -0.05) is 12.1 Å². The molecule has 10 heteroatoms. The van der Waals surface area contributed by atoms with Gasteiger partial charge in [-0.05, 0) is 18.9 Å². The highest BCUT2D eigenvalue weighted by Crippen LogP contribution is 2.38. The minimum atomic E-state index is -3.96. The van der Waals surface area contributed by atoms with Crippen molar-refractivity contribution >= 4 is 27.0 Å². The fourth-order valence-electron chi connectivity index (χ4n) is 2.55. The largest absolute Gasteiger partial charge is 0.289 e. The van der Waals surface area contributed by atoms with E-state index in [9.17, 15) is 18.5 Å². The molecule has 1 saturated heterocycles. The van der Waals surface area contributed by atoms with Gasteiger partial charge < -0.3 is 0 Å². The van der Waals surface area contributed by atoms with E-state index in [1.54, 1.807) is 5.51 Å². The van der Waals surface area contributed by atoms with Gasteiger partial charge in [-0.15, -0.1) is 21.5 Å². The van der Waals surface area contributed by atoms with E-state index in [0.717, 1.165) is 0 Å². The van der Waals surface area contributed by atoms with Crippen molar-refractivity contribution in [2.24, 2.45) is 0 Å². The minimum absolute atomic E-state index is 0.281. The van der Waals surface area contributed by atoms with E-state index < -0.39 is 26.7 Å². The molecule has 1 aliphatic heterocycles. The number of rotatable bonds is 4. The van der Waals surface area contributed by atoms with Crippen LogP contribution < -0.4 is 0 Å². The molecular formula is C12H12N4O4S2. The summed E-state index contributed by atoms with van der Waals surface area (Å²) < 4.78 is 27.0. The number of nitro benzene ring substituents is 1. The van der Waals surface area contributed by atoms with Crippen LogP contribution in [0.2, 0.25) is 0 Å². The Morgan fingerprint density at radius 2 is 2.14 bits per heavy atom. The lowest BCUT2D eigenvalue weighted by Gasteiger charge is -2.21. The highest BCUT2D eigenvalue weighted by atomic mass is 32.2. The Labute approximate surface area is 130 Å². The standard InChI is InChI=1S/C12H12N4O4S2/c17-16(18)9-4-1-2-6-11(9)22(19,20)15-7-3-5-10(15)12-14-13-8-21-12/h1-2,4,6,8,10H,3,5,7H2/t10-/m1/s1. The maximum absolute atomic E-state index is 12.8. The van der Waals surface area contributed by atoms with Crippen LogP contribution in [-0.4, -0.2) is 34.4 Å². The zero-order valence-electron chi connectivity index (χ0n) is 11.3. The third kappa shape index (κ3) is 2.49. The van der Waals surface area contributed by atoms with Crippen molar-refractivity contribution in [3.63, 3.8) is 0 Å². The van der Waals surface area contributed by atoms with Gasteiger partial charge in [0.25, 0.3) is 15.7 Å². The quantitative estimate of drug-likeness (QED) is 0.622. The number of para-hydroxylation sites is 1. The molecule has 1 fully saturated rings. The van der Waals surface area contributed by atoms with E-state index in [4.69, 9.17) is 0 Å². The topological polar surface area (TPSA) is 106 Å². The fourth-order valence-corrected chi connectivity index (χ4v) is 5.14. The lowest BCUT2D eigenvalue weighted by atomic mass is 10.2. The zero-order chi connectivity index (χ0) is 15.7. The van der Waals surface area contributed by atoms with E-state index in [2.05, 4.69) is 10.2 Å². The highest BCUT2D eigenvalue weighted by molar-refractivity contribution is 7.89. The second kappa shape index (κ2) is 5.71. The molecule has 3 rings (SSSR count). The van der Waals surface area contributed by atoms with Gasteiger partial charge in [0.15, 0.2) is 4.90 Å². The van der Waals surface area contributed by atoms with E-state index in [-0.39, 0.29) is 4.90 Å². The normalized spacial score (nSPS) is 19.4. The van der Waals surface area contributed by atoms with Crippen LogP contribution in [-0.2, 0) is 10.0 Å². The molecule has 0 amide bonds. The predicted molar refractivity (Wildman–Crippen MR) is 78.9 cm³/mol. The Hall–Kier alpha value is -1.91. The molecular weight excluding hydrogens is 328 g/mol. The van der Waals surface area contributed by atoms with Crippen molar-refractivity contribution < 1.29 is 13.3 Å². The summed E-state index contributed by atoms with van der Waals surface area (Å²) in [7, 11) is -3.96. The van der Waals surface area contributed by atoms with E-state index in [1.165, 1.54) is 39.9 Å². The third-order valence-electron chi connectivity index (χ3n) is 3.51. The van der Waals surface area contributed by atoms with Crippen LogP contribution in [0, 0.1) is 10.1 Å². The van der Waals surface area contributed by atoms with E-state index >= 15 is 0 Å². The number of benzene rings is 1. The Balaban J connectivity index is 2.05. The second-order valence-corrected chi connectivity index (χ2v) is 7.50. The Morgan fingerprint density at radius 3 is 2.82 bits per heavy atom. The molecule has 1 atom stereocenters. The Morgan fingerprint density at radius 1 is 1.36 bits per heavy atom. The number of nitrogens with zero attached hydrogens (tertiary/aromatic N) is 4. The SMILES string of the molecule is O=[N+]([O-])c1ccccc1S(=O)(=O)N1CCC[C@@H]1c1nncs1. The second-order valence-electron chi connectivity index (χ2n) is 4.78. The average Bonchev–Trinajstić information content (AvgIpc) is 3.18. The minimum Gasteiger partial charge on any atom is -0.258 e. The molecule has 1 aromatic carbocycles. The molecule has 2 heterocycles. The number of sulfonamides is 1. The summed E-state index contributed by atoms with van der Waals surface area (Å²) in [5.41, 5.74) is 1.13. The van der Waals surface area contributed by atoms with Gasteiger partial charge >= 0.3 is 0 Å². The first-order chi connectivity index (χ1) is 10.5. The summed E-state index contributed by atoms with van der Waals surface area (Å²) in [6.45, 7) is 0.318. The maximum Gasteiger partial charge on any atom is 0.289 e. The summed E-state index contributed by atoms with van der Waals surface area (Å²) in [5, 5.41) is 19.4. The summed E-state index contributed by atoms with van der Waals surface area (Å²) in [6.07, 6.45) is 1.32. The maximum atomic E-state index is 12.8. The third-order valence-corrected chi connectivity index (χ3v) is 6.26. The molecule has 0 spiro atoms. The molecule has 116 valence electrons. The first-order valence-electron chi connectivity index (χ1n) is 6.53. The van der Waals surface area contributed by atoms with Gasteiger partial charge in [0, 0.05) is 12.6 Å². The smallest absolute Gasteiger partial charge is 0.258 e. The van der Waals surface area contributed by atoms with E-state index in [0.29, 0.717) is 24.4 Å². The van der Waals surface area contributed by atoms with Crippen molar-refractivity contribution in [3.05, 3.63) is 44.9 Å². The lowest BCUT2D eigenvalue weighted by Crippen LogP contribution is -2.31. The summed E-state index contributed by atoms with van der Waals surface area (Å²) in [6, 6.07) is 4.99. The summed E-state index contributed by atoms with van der Waals surface area (Å²) in [4.78, 5) is 10.1. The van der Waals surface area contributed by atoms with Gasteiger partial charge in [-0.2, -0.15) is 4.31 Å². The van der Waals surface area contributed by atoms with Crippen molar-refractivity contribution in [1.82, 2.24) is 14.5 Å². The zero-order valence-corrected chi connectivity index (χ0v) is 13.0. The molecule has 22 heavy (non-hydrogen) atoms. The van der Waals surface area contributed by atoms with Crippen LogP contribution in [0.3, 0.4) is 0 Å². The van der Waals surface area contributed by atoms with Gasteiger partial charge in [0.1, 0.15) is 10.5 Å². The highest BCUT2D eigenvalue weighted by Gasteiger charge is 2.40. The molecule has 1 aromatic heterocycles. The number of aromatic nitrogens is 2. The molecule has 0 aliphatic carbocycles. The van der Waals surface area contributed by atoms with Crippen LogP contribution in [0.4, 0.5) is 5.69 Å². The van der Waals surface area contributed by atoms with E-state index in [1.807, 2.05) is 0 Å². The Kier molecular flexibility index (Phi) is 3.89. The van der Waals surface area contributed by atoms with Crippen LogP contribution >= 0.6 is 11.3 Å². The predicted octanol–water partition coefficient (Wildman–Crippen LogP) is 1.97. The van der Waals surface area contributed by atoms with Gasteiger partial charge in [-0.25, -0.2) is 8.42 Å². The molecule has 8 nitrogen and oxygen atoms in total.